The van der Waals surface area contributed by atoms with Gasteiger partial charge in [-0.15, -0.1) is 0 Å². The van der Waals surface area contributed by atoms with Crippen LogP contribution in [-0.4, -0.2) is 49.7 Å². The molecular weight excluding hydrogens is 354 g/mol. The van der Waals surface area contributed by atoms with E-state index in [9.17, 15) is 13.8 Å². The molecule has 1 atom stereocenters. The summed E-state index contributed by atoms with van der Waals surface area (Å²) in [5.41, 5.74) is 6.54. The number of amides is 2. The van der Waals surface area contributed by atoms with Gasteiger partial charge in [0.25, 0.3) is 11.8 Å². The van der Waals surface area contributed by atoms with E-state index in [1.54, 1.807) is 0 Å². The summed E-state index contributed by atoms with van der Waals surface area (Å²) in [4.78, 5) is 24.1. The third kappa shape index (κ3) is 7.77. The number of hydrogen-bond donors (Lipinski definition) is 5. The molecule has 0 bridgehead atoms. The zero-order valence-corrected chi connectivity index (χ0v) is 14.6. The summed E-state index contributed by atoms with van der Waals surface area (Å²) in [7, 11) is 0. The average molecular weight is 375 g/mol. The average Bonchev–Trinajstić information content (AvgIpc) is 2.54. The van der Waals surface area contributed by atoms with Crippen molar-refractivity contribution in [1.82, 2.24) is 10.6 Å². The number of nitrogens with one attached hydrogen (secondary N) is 2. The fourth-order valence-electron chi connectivity index (χ4n) is 1.85. The molecule has 0 spiro atoms. The molecule has 0 radical (unpaired) electrons. The largest absolute Gasteiger partial charge is 0.399 e. The van der Waals surface area contributed by atoms with Crippen molar-refractivity contribution in [3.05, 3.63) is 29.3 Å². The van der Waals surface area contributed by atoms with Crippen LogP contribution in [0.5, 0.6) is 0 Å². The first-order valence-electron chi connectivity index (χ1n) is 7.25. The predicted molar refractivity (Wildman–Crippen MR) is 95.5 cm³/mol. The van der Waals surface area contributed by atoms with Crippen molar-refractivity contribution in [1.29, 1.82) is 0 Å². The van der Waals surface area contributed by atoms with Gasteiger partial charge < -0.3 is 25.5 Å². The number of nitrogen functional groups attached to an aromatic ring is 1. The summed E-state index contributed by atoms with van der Waals surface area (Å²) in [5, 5.41) is 5.28. The first kappa shape index (κ1) is 20.4. The number of rotatable bonds is 10. The minimum Gasteiger partial charge on any atom is -0.399 e. The molecule has 10 heteroatoms. The van der Waals surface area contributed by atoms with E-state index in [1.807, 2.05) is 0 Å². The van der Waals surface area contributed by atoms with E-state index in [4.69, 9.17) is 14.8 Å². The van der Waals surface area contributed by atoms with Crippen LogP contribution in [0.4, 0.5) is 5.69 Å². The van der Waals surface area contributed by atoms with E-state index >= 15 is 0 Å². The van der Waals surface area contributed by atoms with Crippen LogP contribution in [0.3, 0.4) is 0 Å². The Bertz CT molecular complexity index is 598. The van der Waals surface area contributed by atoms with Crippen LogP contribution in [0.2, 0.25) is 0 Å². The summed E-state index contributed by atoms with van der Waals surface area (Å²) in [6, 6.07) is 4.37. The second-order valence-corrected chi connectivity index (χ2v) is 6.64. The summed E-state index contributed by atoms with van der Waals surface area (Å²) in [5.74, 6) is -0.160. The zero-order chi connectivity index (χ0) is 17.9. The predicted octanol–water partition coefficient (Wildman–Crippen LogP) is 0.936. The Morgan fingerprint density at radius 2 is 1.62 bits per heavy atom. The van der Waals surface area contributed by atoms with Crippen molar-refractivity contribution in [2.24, 2.45) is 0 Å². The molecular formula is C14H21N3O5S2. The molecule has 0 saturated heterocycles. The van der Waals surface area contributed by atoms with Crippen LogP contribution < -0.4 is 16.4 Å². The van der Waals surface area contributed by atoms with Gasteiger partial charge in [0, 0.05) is 35.7 Å². The normalized spacial score (nSPS) is 11.8. The van der Waals surface area contributed by atoms with Gasteiger partial charge in [-0.3, -0.25) is 9.59 Å². The molecule has 0 saturated carbocycles. The minimum atomic E-state index is -1.88. The zero-order valence-electron chi connectivity index (χ0n) is 13.0. The van der Waals surface area contributed by atoms with Gasteiger partial charge in [-0.05, 0) is 43.1 Å². The van der Waals surface area contributed by atoms with E-state index in [1.165, 1.54) is 18.2 Å². The maximum absolute atomic E-state index is 12.0. The molecule has 8 nitrogen and oxygen atoms in total. The molecule has 0 aliphatic heterocycles. The maximum Gasteiger partial charge on any atom is 0.251 e. The molecule has 0 aliphatic carbocycles. The van der Waals surface area contributed by atoms with E-state index < -0.39 is 17.0 Å². The van der Waals surface area contributed by atoms with E-state index in [0.29, 0.717) is 37.2 Å². The lowest BCUT2D eigenvalue weighted by Crippen LogP contribution is -2.27. The number of carbonyl (C=O) groups is 2. The van der Waals surface area contributed by atoms with Crippen LogP contribution in [0.15, 0.2) is 18.2 Å². The van der Waals surface area contributed by atoms with Crippen LogP contribution in [0.25, 0.3) is 0 Å². The Morgan fingerprint density at radius 1 is 1.08 bits per heavy atom. The molecule has 1 rings (SSSR count). The van der Waals surface area contributed by atoms with Crippen LogP contribution in [-0.2, 0) is 11.1 Å². The van der Waals surface area contributed by atoms with E-state index in [2.05, 4.69) is 10.6 Å². The third-order valence-corrected chi connectivity index (χ3v) is 4.07. The van der Waals surface area contributed by atoms with Crippen molar-refractivity contribution in [2.75, 3.05) is 30.3 Å². The highest BCUT2D eigenvalue weighted by atomic mass is 32.2. The number of hydrogen-bond acceptors (Lipinski definition) is 6. The van der Waals surface area contributed by atoms with Crippen molar-refractivity contribution in [3.63, 3.8) is 0 Å². The number of nitrogens with two attached hydrogens (primary N) is 1. The lowest BCUT2D eigenvalue weighted by Gasteiger charge is -2.09. The lowest BCUT2D eigenvalue weighted by molar-refractivity contribution is 0.0953. The molecule has 0 heterocycles. The molecule has 1 aromatic rings. The molecule has 1 unspecified atom stereocenters. The molecule has 24 heavy (non-hydrogen) atoms. The van der Waals surface area contributed by atoms with Crippen molar-refractivity contribution >= 4 is 40.6 Å². The maximum atomic E-state index is 12.0. The van der Waals surface area contributed by atoms with Crippen LogP contribution >= 0.6 is 12.0 Å². The second kappa shape index (κ2) is 11.0. The van der Waals surface area contributed by atoms with Gasteiger partial charge in [0.2, 0.25) is 0 Å². The van der Waals surface area contributed by atoms with Crippen LogP contribution in [0.1, 0.15) is 33.6 Å². The fourth-order valence-corrected chi connectivity index (χ4v) is 2.52. The molecule has 6 N–H and O–H groups in total. The lowest BCUT2D eigenvalue weighted by atomic mass is 10.1. The topological polar surface area (TPSA) is 142 Å². The Morgan fingerprint density at radius 3 is 2.12 bits per heavy atom. The van der Waals surface area contributed by atoms with Crippen molar-refractivity contribution < 1.29 is 22.9 Å². The monoisotopic (exact) mass is 375 g/mol. The molecule has 1 aromatic carbocycles. The number of anilines is 1. The fraction of sp³-hybridized carbons (Fsp3) is 0.429. The molecule has 0 fully saturated rings. The van der Waals surface area contributed by atoms with Gasteiger partial charge in [-0.25, -0.2) is 4.21 Å². The highest BCUT2D eigenvalue weighted by molar-refractivity contribution is 7.93. The molecule has 134 valence electrons. The number of benzene rings is 1. The SMILES string of the molecule is Nc1cc(C(=O)NCCCSO)cc(C(=O)NCCCS(=O)O)c1. The molecule has 2 amide bonds. The van der Waals surface area contributed by atoms with Crippen LogP contribution in [0, 0.1) is 0 Å². The Balaban J connectivity index is 2.62. The summed E-state index contributed by atoms with van der Waals surface area (Å²) in [6.07, 6.45) is 0.988. The van der Waals surface area contributed by atoms with Gasteiger partial charge in [0.15, 0.2) is 11.1 Å². The summed E-state index contributed by atoms with van der Waals surface area (Å²) in [6.45, 7) is 0.654. The van der Waals surface area contributed by atoms with E-state index in [0.717, 1.165) is 0 Å². The van der Waals surface area contributed by atoms with Gasteiger partial charge in [0.1, 0.15) is 0 Å². The highest BCUT2D eigenvalue weighted by Crippen LogP contribution is 2.12. The standard InChI is InChI=1S/C14H21N3O5S2/c15-12-8-10(13(18)16-3-1-5-23-20)7-11(9-12)14(19)17-4-2-6-24(21)22/h7-9,20H,1-6,15H2,(H,16,18)(H,17,19)(H,21,22). The van der Waals surface area contributed by atoms with Crippen molar-refractivity contribution in [2.45, 2.75) is 12.8 Å². The first-order valence-corrected chi connectivity index (χ1v) is 9.46. The Labute approximate surface area is 147 Å². The van der Waals surface area contributed by atoms with Gasteiger partial charge in [-0.2, -0.15) is 0 Å². The highest BCUT2D eigenvalue weighted by Gasteiger charge is 2.12. The van der Waals surface area contributed by atoms with Gasteiger partial charge in [-0.1, -0.05) is 0 Å². The molecule has 0 aliphatic rings. The number of carbonyl (C=O) groups excluding carboxylic acids is 2. The van der Waals surface area contributed by atoms with Gasteiger partial charge >= 0.3 is 0 Å². The summed E-state index contributed by atoms with van der Waals surface area (Å²) >= 11 is -1.17. The smallest absolute Gasteiger partial charge is 0.251 e. The minimum absolute atomic E-state index is 0.0803. The van der Waals surface area contributed by atoms with Gasteiger partial charge in [0.05, 0.1) is 5.75 Å². The third-order valence-electron chi connectivity index (χ3n) is 2.96. The second-order valence-electron chi connectivity index (χ2n) is 4.92. The van der Waals surface area contributed by atoms with E-state index in [-0.39, 0.29) is 35.0 Å². The summed E-state index contributed by atoms with van der Waals surface area (Å²) < 4.78 is 27.8. The van der Waals surface area contributed by atoms with Crippen molar-refractivity contribution in [3.8, 4) is 0 Å². The molecule has 0 aromatic heterocycles. The quantitative estimate of drug-likeness (QED) is 0.177. The Hall–Kier alpha value is -1.62. The Kier molecular flexibility index (Phi) is 9.38. The first-order chi connectivity index (χ1) is 11.4.